The Morgan fingerprint density at radius 2 is 0.974 bits per heavy atom. The number of phenols is 1. The third-order valence-electron chi connectivity index (χ3n) is 8.87. The Bertz CT molecular complexity index is 737. The molecule has 0 saturated heterocycles. The summed E-state index contributed by atoms with van der Waals surface area (Å²) in [6, 6.07) is 7.27. The van der Waals surface area contributed by atoms with Crippen LogP contribution < -0.4 is 0 Å². The highest BCUT2D eigenvalue weighted by Crippen LogP contribution is 2.61. The normalized spacial score (nSPS) is 13.6. The van der Waals surface area contributed by atoms with Crippen LogP contribution in [0.25, 0.3) is 0 Å². The highest BCUT2D eigenvalue weighted by atomic mass is 16.4. The molecule has 1 atom stereocenters. The van der Waals surface area contributed by atoms with Crippen LogP contribution >= 0.6 is 0 Å². The SMILES string of the molecule is CCCCCCCCCCCCCCCCCCC(c1ccc(O)cc1)C(C(=O)O)(C(C)(C)C)C(C)(C)C. The summed E-state index contributed by atoms with van der Waals surface area (Å²) >= 11 is 0. The lowest BCUT2D eigenvalue weighted by Gasteiger charge is -2.55. The first kappa shape index (κ1) is 34.5. The van der Waals surface area contributed by atoms with Gasteiger partial charge in [0.25, 0.3) is 0 Å². The Balaban J connectivity index is 2.54. The van der Waals surface area contributed by atoms with Gasteiger partial charge in [-0.15, -0.1) is 0 Å². The van der Waals surface area contributed by atoms with Gasteiger partial charge in [0.1, 0.15) is 5.75 Å². The van der Waals surface area contributed by atoms with E-state index in [1.807, 2.05) is 12.1 Å². The van der Waals surface area contributed by atoms with E-state index in [9.17, 15) is 15.0 Å². The summed E-state index contributed by atoms with van der Waals surface area (Å²) < 4.78 is 0. The summed E-state index contributed by atoms with van der Waals surface area (Å²) in [5.41, 5.74) is -0.786. The van der Waals surface area contributed by atoms with Crippen LogP contribution in [0.1, 0.15) is 169 Å². The third-order valence-corrected chi connectivity index (χ3v) is 8.87. The number of aromatic hydroxyl groups is 1. The largest absolute Gasteiger partial charge is 0.508 e. The van der Waals surface area contributed by atoms with Crippen LogP contribution in [0, 0.1) is 16.2 Å². The fraction of sp³-hybridized carbons (Fsp3) is 0.800. The zero-order valence-corrected chi connectivity index (χ0v) is 26.2. The molecule has 0 fully saturated rings. The molecule has 0 aliphatic heterocycles. The first-order chi connectivity index (χ1) is 17.9. The van der Waals surface area contributed by atoms with E-state index >= 15 is 0 Å². The molecule has 3 heteroatoms. The smallest absolute Gasteiger partial charge is 0.311 e. The topological polar surface area (TPSA) is 57.5 Å². The zero-order chi connectivity index (χ0) is 28.7. The molecule has 1 unspecified atom stereocenters. The molecule has 0 aliphatic carbocycles. The average Bonchev–Trinajstić information content (AvgIpc) is 2.81. The number of aliphatic carboxylic acids is 1. The molecule has 1 aromatic carbocycles. The van der Waals surface area contributed by atoms with Crippen molar-refractivity contribution in [2.24, 2.45) is 16.2 Å². The minimum absolute atomic E-state index is 0.118. The Morgan fingerprint density at radius 1 is 0.632 bits per heavy atom. The summed E-state index contributed by atoms with van der Waals surface area (Å²) in [7, 11) is 0. The van der Waals surface area contributed by atoms with E-state index < -0.39 is 22.2 Å². The maximum atomic E-state index is 13.1. The number of unbranched alkanes of at least 4 members (excludes halogenated alkanes) is 15. The van der Waals surface area contributed by atoms with Gasteiger partial charge >= 0.3 is 5.97 Å². The van der Waals surface area contributed by atoms with E-state index in [4.69, 9.17) is 0 Å². The average molecular weight is 531 g/mol. The minimum Gasteiger partial charge on any atom is -0.508 e. The van der Waals surface area contributed by atoms with Gasteiger partial charge in [-0.3, -0.25) is 4.79 Å². The van der Waals surface area contributed by atoms with Crippen LogP contribution in [0.5, 0.6) is 5.75 Å². The van der Waals surface area contributed by atoms with Gasteiger partial charge in [-0.1, -0.05) is 163 Å². The number of phenolic OH excluding ortho intramolecular Hbond substituents is 1. The number of benzene rings is 1. The Kier molecular flexibility index (Phi) is 15.7. The maximum Gasteiger partial charge on any atom is 0.311 e. The van der Waals surface area contributed by atoms with Gasteiger partial charge in [0, 0.05) is 5.92 Å². The highest BCUT2D eigenvalue weighted by molar-refractivity contribution is 5.78. The molecular formula is C35H62O3. The van der Waals surface area contributed by atoms with Crippen LogP contribution in [0.3, 0.4) is 0 Å². The number of carboxylic acids is 1. The van der Waals surface area contributed by atoms with Crippen molar-refractivity contribution in [3.05, 3.63) is 29.8 Å². The quantitative estimate of drug-likeness (QED) is 0.165. The molecule has 0 aromatic heterocycles. The van der Waals surface area contributed by atoms with E-state index in [2.05, 4.69) is 48.5 Å². The molecule has 0 heterocycles. The lowest BCUT2D eigenvalue weighted by atomic mass is 9.47. The molecule has 0 aliphatic rings. The van der Waals surface area contributed by atoms with Crippen molar-refractivity contribution in [1.29, 1.82) is 0 Å². The number of rotatable bonds is 20. The number of hydrogen-bond acceptors (Lipinski definition) is 2. The van der Waals surface area contributed by atoms with Crippen molar-refractivity contribution in [2.45, 2.75) is 164 Å². The zero-order valence-electron chi connectivity index (χ0n) is 26.2. The third kappa shape index (κ3) is 10.6. The molecule has 0 bridgehead atoms. The van der Waals surface area contributed by atoms with Crippen LogP contribution in [0.15, 0.2) is 24.3 Å². The van der Waals surface area contributed by atoms with E-state index in [0.717, 1.165) is 24.8 Å². The highest BCUT2D eigenvalue weighted by Gasteiger charge is 2.61. The standard InChI is InChI=1S/C35H62O3/c1-8-9-10-11-12-13-14-15-16-17-18-19-20-21-22-23-24-31(29-25-27-30(36)28-26-29)35(32(37)38,33(2,3)4)34(5,6)7/h25-28,31,36H,8-24H2,1-7H3,(H,37,38). The van der Waals surface area contributed by atoms with Crippen molar-refractivity contribution in [3.63, 3.8) is 0 Å². The molecule has 1 aromatic rings. The summed E-state index contributed by atoms with van der Waals surface area (Å²) in [6.45, 7) is 14.7. The molecule has 0 spiro atoms. The van der Waals surface area contributed by atoms with Crippen molar-refractivity contribution in [3.8, 4) is 5.75 Å². The molecule has 0 radical (unpaired) electrons. The summed E-state index contributed by atoms with van der Waals surface area (Å²) in [5.74, 6) is -0.610. The number of hydrogen-bond donors (Lipinski definition) is 2. The molecule has 38 heavy (non-hydrogen) atoms. The summed E-state index contributed by atoms with van der Waals surface area (Å²) in [6.07, 6.45) is 22.2. The van der Waals surface area contributed by atoms with Crippen molar-refractivity contribution >= 4 is 5.97 Å². The molecule has 1 rings (SSSR count). The van der Waals surface area contributed by atoms with Crippen molar-refractivity contribution in [2.75, 3.05) is 0 Å². The van der Waals surface area contributed by atoms with Crippen molar-refractivity contribution < 1.29 is 15.0 Å². The number of carbonyl (C=O) groups is 1. The Hall–Kier alpha value is -1.51. The summed E-state index contributed by atoms with van der Waals surface area (Å²) in [4.78, 5) is 13.1. The fourth-order valence-electron chi connectivity index (χ4n) is 7.20. The van der Waals surface area contributed by atoms with Gasteiger partial charge in [-0.25, -0.2) is 0 Å². The molecule has 3 nitrogen and oxygen atoms in total. The van der Waals surface area contributed by atoms with Gasteiger partial charge in [0.05, 0.1) is 5.41 Å². The van der Waals surface area contributed by atoms with Crippen LogP contribution in [-0.2, 0) is 4.79 Å². The Labute approximate surface area is 236 Å². The maximum absolute atomic E-state index is 13.1. The van der Waals surface area contributed by atoms with Crippen LogP contribution in [0.4, 0.5) is 0 Å². The van der Waals surface area contributed by atoms with Crippen molar-refractivity contribution in [1.82, 2.24) is 0 Å². The van der Waals surface area contributed by atoms with Gasteiger partial charge in [-0.05, 0) is 34.9 Å². The first-order valence-corrected chi connectivity index (χ1v) is 15.9. The predicted octanol–water partition coefficient (Wildman–Crippen LogP) is 11.3. The van der Waals surface area contributed by atoms with Gasteiger partial charge in [-0.2, -0.15) is 0 Å². The van der Waals surface area contributed by atoms with E-state index in [1.54, 1.807) is 12.1 Å². The lowest BCUT2D eigenvalue weighted by Crippen LogP contribution is -2.56. The van der Waals surface area contributed by atoms with Crippen LogP contribution in [0.2, 0.25) is 0 Å². The second kappa shape index (κ2) is 17.2. The minimum atomic E-state index is -0.938. The van der Waals surface area contributed by atoms with Crippen LogP contribution in [-0.4, -0.2) is 16.2 Å². The van der Waals surface area contributed by atoms with Gasteiger partial charge < -0.3 is 10.2 Å². The fourth-order valence-corrected chi connectivity index (χ4v) is 7.20. The van der Waals surface area contributed by atoms with E-state index in [1.165, 1.54) is 89.9 Å². The monoisotopic (exact) mass is 530 g/mol. The lowest BCUT2D eigenvalue weighted by molar-refractivity contribution is -0.173. The number of carboxylic acid groups (broad SMARTS) is 1. The second-order valence-electron chi connectivity index (χ2n) is 13.8. The summed E-state index contributed by atoms with van der Waals surface area (Å²) in [5, 5.41) is 20.6. The predicted molar refractivity (Wildman–Crippen MR) is 164 cm³/mol. The van der Waals surface area contributed by atoms with Gasteiger partial charge in [0.2, 0.25) is 0 Å². The molecule has 0 saturated carbocycles. The molecule has 220 valence electrons. The second-order valence-corrected chi connectivity index (χ2v) is 13.8. The molecule has 0 amide bonds. The van der Waals surface area contributed by atoms with E-state index in [0.29, 0.717) is 0 Å². The Morgan fingerprint density at radius 3 is 1.29 bits per heavy atom. The first-order valence-electron chi connectivity index (χ1n) is 15.9. The van der Waals surface area contributed by atoms with Gasteiger partial charge in [0.15, 0.2) is 0 Å². The molecule has 2 N–H and O–H groups in total. The van der Waals surface area contributed by atoms with E-state index in [-0.39, 0.29) is 11.7 Å². The molecular weight excluding hydrogens is 468 g/mol.